The van der Waals surface area contributed by atoms with Crippen LogP contribution in [0.15, 0.2) is 40.4 Å². The second-order valence-corrected chi connectivity index (χ2v) is 6.05. The normalized spacial score (nSPS) is 12.1. The highest BCUT2D eigenvalue weighted by atomic mass is 79.9. The molecule has 0 aliphatic rings. The zero-order valence-corrected chi connectivity index (χ0v) is 11.6. The zero-order chi connectivity index (χ0) is 12.3. The maximum absolute atomic E-state index is 11.9. The minimum absolute atomic E-state index is 0.0444. The van der Waals surface area contributed by atoms with Gasteiger partial charge in [-0.2, -0.15) is 0 Å². The minimum Gasteiger partial charge on any atom is -0.345 e. The monoisotopic (exact) mass is 310 g/mol. The lowest BCUT2D eigenvalue weighted by molar-refractivity contribution is 0.0944. The lowest BCUT2D eigenvalue weighted by atomic mass is 10.1. The van der Waals surface area contributed by atoms with Crippen LogP contribution in [0, 0.1) is 0 Å². The number of aromatic nitrogens is 1. The number of hydrogen-bond acceptors (Lipinski definition) is 3. The van der Waals surface area contributed by atoms with Gasteiger partial charge < -0.3 is 5.32 Å². The summed E-state index contributed by atoms with van der Waals surface area (Å²) in [6.45, 7) is 1.94. The summed E-state index contributed by atoms with van der Waals surface area (Å²) >= 11 is 4.76. The molecule has 3 nitrogen and oxygen atoms in total. The van der Waals surface area contributed by atoms with Gasteiger partial charge in [-0.25, -0.2) is 0 Å². The fraction of sp³-hybridized carbons (Fsp3) is 0.167. The van der Waals surface area contributed by atoms with Crippen molar-refractivity contribution in [3.8, 4) is 0 Å². The van der Waals surface area contributed by atoms with Crippen molar-refractivity contribution < 1.29 is 4.79 Å². The van der Waals surface area contributed by atoms with Gasteiger partial charge in [0.1, 0.15) is 0 Å². The number of nitrogens with zero attached hydrogens (tertiary/aromatic N) is 1. The first kappa shape index (κ1) is 12.3. The van der Waals surface area contributed by atoms with E-state index in [0.29, 0.717) is 4.88 Å². The summed E-state index contributed by atoms with van der Waals surface area (Å²) in [5, 5.41) is 2.94. The van der Waals surface area contributed by atoms with E-state index in [1.807, 2.05) is 25.1 Å². The van der Waals surface area contributed by atoms with Crippen molar-refractivity contribution in [3.63, 3.8) is 0 Å². The molecule has 88 valence electrons. The molecule has 1 unspecified atom stereocenters. The standard InChI is InChI=1S/C12H11BrN2OS/c1-8(9-3-2-6-14-7-9)15-12(16)10-4-5-11(13)17-10/h2-8H,1H3,(H,15,16). The van der Waals surface area contributed by atoms with Gasteiger partial charge in [0.15, 0.2) is 0 Å². The summed E-state index contributed by atoms with van der Waals surface area (Å²) in [4.78, 5) is 16.6. The first-order valence-corrected chi connectivity index (χ1v) is 6.74. The van der Waals surface area contributed by atoms with E-state index in [4.69, 9.17) is 0 Å². The lowest BCUT2D eigenvalue weighted by Crippen LogP contribution is -2.25. The molecule has 1 amide bonds. The van der Waals surface area contributed by atoms with Gasteiger partial charge in [-0.15, -0.1) is 11.3 Å². The number of rotatable bonds is 3. The van der Waals surface area contributed by atoms with E-state index in [1.54, 1.807) is 18.5 Å². The Balaban J connectivity index is 2.04. The number of carbonyl (C=O) groups excluding carboxylic acids is 1. The second-order valence-electron chi connectivity index (χ2n) is 3.59. The third-order valence-corrected chi connectivity index (χ3v) is 3.95. The number of halogens is 1. The quantitative estimate of drug-likeness (QED) is 0.944. The average Bonchev–Trinajstić information content (AvgIpc) is 2.77. The number of thiophene rings is 1. The van der Waals surface area contributed by atoms with Crippen LogP contribution < -0.4 is 5.32 Å². The topological polar surface area (TPSA) is 42.0 Å². The molecule has 0 aromatic carbocycles. The Morgan fingerprint density at radius 3 is 2.88 bits per heavy atom. The average molecular weight is 311 g/mol. The Hall–Kier alpha value is -1.20. The molecule has 17 heavy (non-hydrogen) atoms. The van der Waals surface area contributed by atoms with Crippen LogP contribution in [0.4, 0.5) is 0 Å². The first-order valence-electron chi connectivity index (χ1n) is 5.13. The molecule has 0 aliphatic carbocycles. The Morgan fingerprint density at radius 2 is 2.29 bits per heavy atom. The number of nitrogens with one attached hydrogen (secondary N) is 1. The molecule has 0 radical (unpaired) electrons. The zero-order valence-electron chi connectivity index (χ0n) is 9.18. The highest BCUT2D eigenvalue weighted by Gasteiger charge is 2.12. The van der Waals surface area contributed by atoms with Gasteiger partial charge in [0.25, 0.3) is 5.91 Å². The van der Waals surface area contributed by atoms with Crippen molar-refractivity contribution in [1.82, 2.24) is 10.3 Å². The molecule has 0 saturated heterocycles. The number of pyridine rings is 1. The molecule has 0 aliphatic heterocycles. The number of hydrogen-bond donors (Lipinski definition) is 1. The molecule has 0 bridgehead atoms. The van der Waals surface area contributed by atoms with Gasteiger partial charge in [0, 0.05) is 12.4 Å². The first-order chi connectivity index (χ1) is 8.16. The second kappa shape index (κ2) is 5.42. The van der Waals surface area contributed by atoms with E-state index in [0.717, 1.165) is 9.35 Å². The van der Waals surface area contributed by atoms with E-state index in [2.05, 4.69) is 26.2 Å². The van der Waals surface area contributed by atoms with Crippen molar-refractivity contribution in [1.29, 1.82) is 0 Å². The maximum atomic E-state index is 11.9. The van der Waals surface area contributed by atoms with Crippen LogP contribution in [0.2, 0.25) is 0 Å². The number of amides is 1. The largest absolute Gasteiger partial charge is 0.345 e. The fourth-order valence-electron chi connectivity index (χ4n) is 1.42. The van der Waals surface area contributed by atoms with Crippen molar-refractivity contribution in [3.05, 3.63) is 50.9 Å². The molecule has 0 spiro atoms. The van der Waals surface area contributed by atoms with Crippen molar-refractivity contribution >= 4 is 33.2 Å². The Bertz CT molecular complexity index is 512. The van der Waals surface area contributed by atoms with Gasteiger partial charge in [-0.05, 0) is 46.6 Å². The Labute approximate surface area is 112 Å². The Morgan fingerprint density at radius 1 is 1.47 bits per heavy atom. The van der Waals surface area contributed by atoms with Crippen molar-refractivity contribution in [2.45, 2.75) is 13.0 Å². The molecule has 1 atom stereocenters. The molecule has 2 rings (SSSR count). The van der Waals surface area contributed by atoms with Crippen LogP contribution in [0.5, 0.6) is 0 Å². The maximum Gasteiger partial charge on any atom is 0.261 e. The van der Waals surface area contributed by atoms with Crippen LogP contribution in [-0.2, 0) is 0 Å². The van der Waals surface area contributed by atoms with Gasteiger partial charge >= 0.3 is 0 Å². The van der Waals surface area contributed by atoms with Gasteiger partial charge in [0.2, 0.25) is 0 Å². The molecule has 2 heterocycles. The van der Waals surface area contributed by atoms with Gasteiger partial charge in [-0.1, -0.05) is 6.07 Å². The molecular formula is C12H11BrN2OS. The molecule has 2 aromatic heterocycles. The van der Waals surface area contributed by atoms with E-state index < -0.39 is 0 Å². The predicted octanol–water partition coefficient (Wildman–Crippen LogP) is 3.40. The highest BCUT2D eigenvalue weighted by Crippen LogP contribution is 2.22. The van der Waals surface area contributed by atoms with E-state index in [9.17, 15) is 4.79 Å². The van der Waals surface area contributed by atoms with E-state index in [-0.39, 0.29) is 11.9 Å². The molecular weight excluding hydrogens is 300 g/mol. The number of carbonyl (C=O) groups is 1. The molecule has 1 N–H and O–H groups in total. The van der Waals surface area contributed by atoms with E-state index >= 15 is 0 Å². The van der Waals surface area contributed by atoms with Crippen LogP contribution in [0.3, 0.4) is 0 Å². The third kappa shape index (κ3) is 3.14. The van der Waals surface area contributed by atoms with Gasteiger partial charge in [-0.3, -0.25) is 9.78 Å². The molecule has 0 saturated carbocycles. The van der Waals surface area contributed by atoms with Crippen LogP contribution in [0.1, 0.15) is 28.2 Å². The summed E-state index contributed by atoms with van der Waals surface area (Å²) in [6.07, 6.45) is 3.48. The van der Waals surface area contributed by atoms with Crippen LogP contribution in [0.25, 0.3) is 0 Å². The Kier molecular flexibility index (Phi) is 3.91. The fourth-order valence-corrected chi connectivity index (χ4v) is 2.71. The summed E-state index contributed by atoms with van der Waals surface area (Å²) in [5.41, 5.74) is 0.997. The highest BCUT2D eigenvalue weighted by molar-refractivity contribution is 9.11. The lowest BCUT2D eigenvalue weighted by Gasteiger charge is -2.12. The minimum atomic E-state index is -0.0583. The molecule has 5 heteroatoms. The summed E-state index contributed by atoms with van der Waals surface area (Å²) in [5.74, 6) is -0.0583. The summed E-state index contributed by atoms with van der Waals surface area (Å²) in [6, 6.07) is 7.44. The summed E-state index contributed by atoms with van der Waals surface area (Å²) in [7, 11) is 0. The molecule has 0 fully saturated rings. The van der Waals surface area contributed by atoms with Gasteiger partial charge in [0.05, 0.1) is 14.7 Å². The summed E-state index contributed by atoms with van der Waals surface area (Å²) < 4.78 is 0.955. The third-order valence-electron chi connectivity index (χ3n) is 2.33. The van der Waals surface area contributed by atoms with Crippen molar-refractivity contribution in [2.75, 3.05) is 0 Å². The van der Waals surface area contributed by atoms with Crippen molar-refractivity contribution in [2.24, 2.45) is 0 Å². The van der Waals surface area contributed by atoms with E-state index in [1.165, 1.54) is 11.3 Å². The van der Waals surface area contributed by atoms with Crippen LogP contribution in [-0.4, -0.2) is 10.9 Å². The smallest absolute Gasteiger partial charge is 0.261 e. The SMILES string of the molecule is CC(NC(=O)c1ccc(Br)s1)c1cccnc1. The predicted molar refractivity (Wildman–Crippen MR) is 72.1 cm³/mol. The molecule has 2 aromatic rings. The van der Waals surface area contributed by atoms with Crippen LogP contribution >= 0.6 is 27.3 Å².